The zero-order valence-corrected chi connectivity index (χ0v) is 10.3. The van der Waals surface area contributed by atoms with E-state index in [1.807, 2.05) is 0 Å². The van der Waals surface area contributed by atoms with Crippen LogP contribution >= 0.6 is 0 Å². The summed E-state index contributed by atoms with van der Waals surface area (Å²) in [5, 5.41) is 12.0. The summed E-state index contributed by atoms with van der Waals surface area (Å²) in [4.78, 5) is 4.23. The largest absolute Gasteiger partial charge is 0.396 e. The SMILES string of the molecule is CC(C)CN=C(N)NC(CCO)C(C)C. The Morgan fingerprint density at radius 3 is 2.33 bits per heavy atom. The van der Waals surface area contributed by atoms with Gasteiger partial charge < -0.3 is 16.2 Å². The average Bonchev–Trinajstić information content (AvgIpc) is 2.14. The number of nitrogens with one attached hydrogen (secondary N) is 1. The highest BCUT2D eigenvalue weighted by Gasteiger charge is 2.12. The number of aliphatic imine (C=N–C) groups is 1. The minimum absolute atomic E-state index is 0.174. The molecule has 0 aliphatic rings. The second kappa shape index (κ2) is 7.51. The second-order valence-corrected chi connectivity index (χ2v) is 4.63. The van der Waals surface area contributed by atoms with Gasteiger partial charge in [0.1, 0.15) is 0 Å². The lowest BCUT2D eigenvalue weighted by Gasteiger charge is -2.22. The Balaban J connectivity index is 4.09. The molecule has 0 aliphatic carbocycles. The minimum Gasteiger partial charge on any atom is -0.396 e. The first-order chi connectivity index (χ1) is 6.97. The van der Waals surface area contributed by atoms with Crippen molar-refractivity contribution in [3.63, 3.8) is 0 Å². The molecule has 0 amide bonds. The zero-order chi connectivity index (χ0) is 11.8. The third kappa shape index (κ3) is 7.19. The van der Waals surface area contributed by atoms with E-state index in [2.05, 4.69) is 38.0 Å². The smallest absolute Gasteiger partial charge is 0.188 e. The topological polar surface area (TPSA) is 70.6 Å². The Bertz CT molecular complexity index is 190. The van der Waals surface area contributed by atoms with Crippen LogP contribution in [0.3, 0.4) is 0 Å². The van der Waals surface area contributed by atoms with Gasteiger partial charge >= 0.3 is 0 Å². The molecule has 0 aromatic heterocycles. The molecule has 4 nitrogen and oxygen atoms in total. The van der Waals surface area contributed by atoms with Gasteiger partial charge in [0.05, 0.1) is 0 Å². The summed E-state index contributed by atoms with van der Waals surface area (Å²) in [6.45, 7) is 9.32. The number of guanidine groups is 1. The monoisotopic (exact) mass is 215 g/mol. The Morgan fingerprint density at radius 2 is 1.93 bits per heavy atom. The molecular formula is C11H25N3O. The van der Waals surface area contributed by atoms with E-state index in [-0.39, 0.29) is 12.6 Å². The third-order valence-electron chi connectivity index (χ3n) is 2.20. The summed E-state index contributed by atoms with van der Waals surface area (Å²) in [6, 6.07) is 0.200. The van der Waals surface area contributed by atoms with Crippen molar-refractivity contribution in [3.8, 4) is 0 Å². The van der Waals surface area contributed by atoms with E-state index >= 15 is 0 Å². The molecule has 90 valence electrons. The number of aliphatic hydroxyl groups excluding tert-OH is 1. The van der Waals surface area contributed by atoms with Gasteiger partial charge in [0.25, 0.3) is 0 Å². The quantitative estimate of drug-likeness (QED) is 0.456. The molecular weight excluding hydrogens is 190 g/mol. The zero-order valence-electron chi connectivity index (χ0n) is 10.3. The summed E-state index contributed by atoms with van der Waals surface area (Å²) in [5.74, 6) is 1.43. The van der Waals surface area contributed by atoms with E-state index in [4.69, 9.17) is 10.8 Å². The first-order valence-corrected chi connectivity index (χ1v) is 5.64. The van der Waals surface area contributed by atoms with E-state index in [0.717, 1.165) is 6.54 Å². The van der Waals surface area contributed by atoms with Crippen LogP contribution in [-0.4, -0.2) is 30.3 Å². The summed E-state index contributed by atoms with van der Waals surface area (Å²) in [5.41, 5.74) is 5.75. The molecule has 0 heterocycles. The van der Waals surface area contributed by atoms with Crippen LogP contribution in [-0.2, 0) is 0 Å². The second-order valence-electron chi connectivity index (χ2n) is 4.63. The van der Waals surface area contributed by atoms with Crippen molar-refractivity contribution in [2.24, 2.45) is 22.6 Å². The molecule has 1 unspecified atom stereocenters. The van der Waals surface area contributed by atoms with Gasteiger partial charge in [-0.2, -0.15) is 0 Å². The lowest BCUT2D eigenvalue weighted by molar-refractivity contribution is 0.254. The van der Waals surface area contributed by atoms with Crippen LogP contribution in [0.5, 0.6) is 0 Å². The molecule has 0 aromatic rings. The Morgan fingerprint density at radius 1 is 1.33 bits per heavy atom. The number of nitrogens with zero attached hydrogens (tertiary/aromatic N) is 1. The van der Waals surface area contributed by atoms with Crippen LogP contribution in [0.1, 0.15) is 34.1 Å². The standard InChI is InChI=1S/C11H25N3O/c1-8(2)7-13-11(12)14-10(5-6-15)9(3)4/h8-10,15H,5-7H2,1-4H3,(H3,12,13,14). The molecule has 0 saturated heterocycles. The van der Waals surface area contributed by atoms with Gasteiger partial charge in [-0.15, -0.1) is 0 Å². The molecule has 15 heavy (non-hydrogen) atoms. The maximum absolute atomic E-state index is 8.90. The van der Waals surface area contributed by atoms with Gasteiger partial charge in [-0.3, -0.25) is 4.99 Å². The van der Waals surface area contributed by atoms with Gasteiger partial charge in [0.2, 0.25) is 0 Å². The summed E-state index contributed by atoms with van der Waals surface area (Å²) >= 11 is 0. The van der Waals surface area contributed by atoms with Crippen molar-refractivity contribution in [1.82, 2.24) is 5.32 Å². The van der Waals surface area contributed by atoms with E-state index in [1.54, 1.807) is 0 Å². The van der Waals surface area contributed by atoms with Crippen molar-refractivity contribution in [3.05, 3.63) is 0 Å². The number of aliphatic hydroxyl groups is 1. The molecule has 1 atom stereocenters. The van der Waals surface area contributed by atoms with Crippen LogP contribution in [0.2, 0.25) is 0 Å². The third-order valence-corrected chi connectivity index (χ3v) is 2.20. The molecule has 4 heteroatoms. The molecule has 0 aliphatic heterocycles. The first kappa shape index (κ1) is 14.2. The predicted octanol–water partition coefficient (Wildman–Crippen LogP) is 0.954. The van der Waals surface area contributed by atoms with Gasteiger partial charge in [0, 0.05) is 19.2 Å². The molecule has 0 saturated carbocycles. The molecule has 0 spiro atoms. The van der Waals surface area contributed by atoms with Gasteiger partial charge in [-0.05, 0) is 18.3 Å². The Kier molecular flexibility index (Phi) is 7.13. The average molecular weight is 215 g/mol. The van der Waals surface area contributed by atoms with Crippen LogP contribution in [0, 0.1) is 11.8 Å². The van der Waals surface area contributed by atoms with Crippen LogP contribution < -0.4 is 11.1 Å². The summed E-state index contributed by atoms with van der Waals surface area (Å²) in [6.07, 6.45) is 0.704. The Hall–Kier alpha value is -0.770. The van der Waals surface area contributed by atoms with Crippen molar-refractivity contribution in [2.45, 2.75) is 40.2 Å². The number of hydrogen-bond donors (Lipinski definition) is 3. The molecule has 0 bridgehead atoms. The maximum atomic E-state index is 8.90. The fraction of sp³-hybridized carbons (Fsp3) is 0.909. The normalized spacial score (nSPS) is 14.7. The van der Waals surface area contributed by atoms with Gasteiger partial charge in [0.15, 0.2) is 5.96 Å². The Labute approximate surface area is 93.0 Å². The van der Waals surface area contributed by atoms with E-state index in [9.17, 15) is 0 Å². The predicted molar refractivity (Wildman–Crippen MR) is 64.8 cm³/mol. The van der Waals surface area contributed by atoms with Crippen molar-refractivity contribution < 1.29 is 5.11 Å². The lowest BCUT2D eigenvalue weighted by atomic mass is 10.0. The number of nitrogens with two attached hydrogens (primary N) is 1. The minimum atomic E-state index is 0.174. The van der Waals surface area contributed by atoms with Crippen molar-refractivity contribution in [2.75, 3.05) is 13.2 Å². The highest BCUT2D eigenvalue weighted by molar-refractivity contribution is 5.78. The lowest BCUT2D eigenvalue weighted by Crippen LogP contribution is -2.43. The first-order valence-electron chi connectivity index (χ1n) is 5.64. The summed E-state index contributed by atoms with van der Waals surface area (Å²) < 4.78 is 0. The van der Waals surface area contributed by atoms with Crippen molar-refractivity contribution >= 4 is 5.96 Å². The number of rotatable bonds is 6. The maximum Gasteiger partial charge on any atom is 0.188 e. The van der Waals surface area contributed by atoms with Gasteiger partial charge in [-0.1, -0.05) is 27.7 Å². The van der Waals surface area contributed by atoms with Crippen LogP contribution in [0.25, 0.3) is 0 Å². The fourth-order valence-electron chi connectivity index (χ4n) is 1.23. The van der Waals surface area contributed by atoms with E-state index in [1.165, 1.54) is 0 Å². The van der Waals surface area contributed by atoms with E-state index in [0.29, 0.717) is 24.2 Å². The molecule has 0 rings (SSSR count). The van der Waals surface area contributed by atoms with Crippen LogP contribution in [0.4, 0.5) is 0 Å². The highest BCUT2D eigenvalue weighted by atomic mass is 16.3. The summed E-state index contributed by atoms with van der Waals surface area (Å²) in [7, 11) is 0. The number of hydrogen-bond acceptors (Lipinski definition) is 2. The molecule has 0 aromatic carbocycles. The van der Waals surface area contributed by atoms with Crippen molar-refractivity contribution in [1.29, 1.82) is 0 Å². The van der Waals surface area contributed by atoms with Crippen LogP contribution in [0.15, 0.2) is 4.99 Å². The van der Waals surface area contributed by atoms with Gasteiger partial charge in [-0.25, -0.2) is 0 Å². The molecule has 4 N–H and O–H groups in total. The van der Waals surface area contributed by atoms with E-state index < -0.39 is 0 Å². The fourth-order valence-corrected chi connectivity index (χ4v) is 1.23. The molecule has 0 fully saturated rings. The highest BCUT2D eigenvalue weighted by Crippen LogP contribution is 2.04. The molecule has 0 radical (unpaired) electrons.